The molecule has 4 nitrogen and oxygen atoms in total. The fourth-order valence-electron chi connectivity index (χ4n) is 2.84. The lowest BCUT2D eigenvalue weighted by Crippen LogP contribution is -2.88. The van der Waals surface area contributed by atoms with Crippen molar-refractivity contribution >= 4 is 11.6 Å². The third-order valence-corrected chi connectivity index (χ3v) is 4.35. The minimum absolute atomic E-state index is 0.0412. The molecule has 0 bridgehead atoms. The van der Waals surface area contributed by atoms with Crippen LogP contribution in [0.3, 0.4) is 0 Å². The van der Waals surface area contributed by atoms with E-state index in [1.165, 1.54) is 11.1 Å². The van der Waals surface area contributed by atoms with Gasteiger partial charge in [0, 0.05) is 17.2 Å². The third-order valence-electron chi connectivity index (χ3n) is 4.35. The van der Waals surface area contributed by atoms with E-state index < -0.39 is 0 Å². The molecule has 0 heterocycles. The number of carbonyl (C=O) groups excluding carboxylic acids is 1. The summed E-state index contributed by atoms with van der Waals surface area (Å²) < 4.78 is 0. The quantitative estimate of drug-likeness (QED) is 0.816. The van der Waals surface area contributed by atoms with Crippen molar-refractivity contribution in [3.05, 3.63) is 65.2 Å². The molecule has 0 radical (unpaired) electrons. The summed E-state index contributed by atoms with van der Waals surface area (Å²) in [5.41, 5.74) is 3.87. The van der Waals surface area contributed by atoms with Crippen molar-refractivity contribution in [3.63, 3.8) is 0 Å². The predicted octanol–water partition coefficient (Wildman–Crippen LogP) is 3.02. The first-order chi connectivity index (χ1) is 12.0. The zero-order chi connectivity index (χ0) is 18.2. The highest BCUT2D eigenvalue weighted by atomic mass is 16.1. The van der Waals surface area contributed by atoms with Crippen LogP contribution in [-0.2, 0) is 11.2 Å². The van der Waals surface area contributed by atoms with E-state index >= 15 is 0 Å². The van der Waals surface area contributed by atoms with E-state index in [2.05, 4.69) is 61.7 Å². The number of nitrogens with two attached hydrogens (primary N) is 1. The van der Waals surface area contributed by atoms with Crippen molar-refractivity contribution < 1.29 is 10.1 Å². The molecule has 2 aromatic carbocycles. The Morgan fingerprint density at radius 1 is 1.12 bits per heavy atom. The second kappa shape index (κ2) is 9.00. The number of aryl methyl sites for hydroxylation is 1. The lowest BCUT2D eigenvalue weighted by molar-refractivity contribution is -0.692. The topological polar surface area (TPSA) is 69.5 Å². The average molecular weight is 336 g/mol. The van der Waals surface area contributed by atoms with Gasteiger partial charge in [0.25, 0.3) is 5.91 Å². The Bertz CT molecular complexity index is 727. The van der Waals surface area contributed by atoms with Crippen LogP contribution < -0.4 is 10.6 Å². The van der Waals surface area contributed by atoms with Gasteiger partial charge in [-0.3, -0.25) is 4.79 Å². The van der Waals surface area contributed by atoms with E-state index in [0.717, 1.165) is 6.42 Å². The first kappa shape index (κ1) is 18.7. The molecule has 2 aromatic rings. The lowest BCUT2D eigenvalue weighted by atomic mass is 9.95. The fourth-order valence-corrected chi connectivity index (χ4v) is 2.84. The largest absolute Gasteiger partial charge is 0.332 e. The van der Waals surface area contributed by atoms with Crippen molar-refractivity contribution in [2.75, 3.05) is 11.9 Å². The van der Waals surface area contributed by atoms with Crippen LogP contribution in [-0.4, -0.2) is 12.5 Å². The number of rotatable bonds is 7. The Morgan fingerprint density at radius 3 is 2.28 bits per heavy atom. The molecule has 4 heteroatoms. The van der Waals surface area contributed by atoms with Gasteiger partial charge in [0.1, 0.15) is 6.04 Å². The van der Waals surface area contributed by atoms with Crippen LogP contribution in [0.5, 0.6) is 0 Å². The molecule has 3 N–H and O–H groups in total. The van der Waals surface area contributed by atoms with Gasteiger partial charge in [0.2, 0.25) is 0 Å². The molecule has 0 aliphatic carbocycles. The van der Waals surface area contributed by atoms with Gasteiger partial charge in [-0.1, -0.05) is 45.0 Å². The third kappa shape index (κ3) is 5.44. The number of anilines is 1. The van der Waals surface area contributed by atoms with E-state index in [9.17, 15) is 4.79 Å². The molecule has 0 saturated carbocycles. The summed E-state index contributed by atoms with van der Waals surface area (Å²) in [7, 11) is 0. The number of hydrogen-bond donors (Lipinski definition) is 2. The molecular formula is C21H26N3O+. The summed E-state index contributed by atoms with van der Waals surface area (Å²) in [6.45, 7) is 6.85. The summed E-state index contributed by atoms with van der Waals surface area (Å²) >= 11 is 0. The van der Waals surface area contributed by atoms with Crippen molar-refractivity contribution in [1.29, 1.82) is 5.26 Å². The van der Waals surface area contributed by atoms with Crippen molar-refractivity contribution in [1.82, 2.24) is 0 Å². The number of benzene rings is 2. The zero-order valence-corrected chi connectivity index (χ0v) is 15.1. The van der Waals surface area contributed by atoms with E-state index in [4.69, 9.17) is 5.26 Å². The SMILES string of the molecule is CCc1ccc([C@@H]([NH2+]CC(=O)Nc2ccc(C#N)cc2)C(C)C)cc1. The van der Waals surface area contributed by atoms with Crippen LogP contribution >= 0.6 is 0 Å². The Hall–Kier alpha value is -2.64. The van der Waals surface area contributed by atoms with E-state index in [1.54, 1.807) is 24.3 Å². The molecule has 0 unspecified atom stereocenters. The van der Waals surface area contributed by atoms with Crippen LogP contribution in [0, 0.1) is 17.2 Å². The van der Waals surface area contributed by atoms with Crippen molar-refractivity contribution in [2.24, 2.45) is 5.92 Å². The van der Waals surface area contributed by atoms with Crippen molar-refractivity contribution in [3.8, 4) is 6.07 Å². The predicted molar refractivity (Wildman–Crippen MR) is 100.0 cm³/mol. The average Bonchev–Trinajstić information content (AvgIpc) is 2.62. The summed E-state index contributed by atoms with van der Waals surface area (Å²) in [6, 6.07) is 17.9. The highest BCUT2D eigenvalue weighted by Crippen LogP contribution is 2.18. The molecule has 25 heavy (non-hydrogen) atoms. The first-order valence-electron chi connectivity index (χ1n) is 8.75. The molecule has 1 atom stereocenters. The number of amides is 1. The summed E-state index contributed by atoms with van der Waals surface area (Å²) in [5, 5.41) is 13.8. The van der Waals surface area contributed by atoms with Gasteiger partial charge in [0.05, 0.1) is 11.6 Å². The van der Waals surface area contributed by atoms with Crippen LogP contribution in [0.1, 0.15) is 43.5 Å². The molecular weight excluding hydrogens is 310 g/mol. The Kier molecular flexibility index (Phi) is 6.73. The normalized spacial score (nSPS) is 11.8. The molecule has 0 aromatic heterocycles. The number of nitriles is 1. The Morgan fingerprint density at radius 2 is 1.76 bits per heavy atom. The van der Waals surface area contributed by atoms with Crippen LogP contribution in [0.4, 0.5) is 5.69 Å². The van der Waals surface area contributed by atoms with Crippen LogP contribution in [0.25, 0.3) is 0 Å². The van der Waals surface area contributed by atoms with E-state index in [0.29, 0.717) is 23.7 Å². The standard InChI is InChI=1S/C21H25N3O/c1-4-16-5-9-18(10-6-16)21(15(2)3)23-14-20(25)24-19-11-7-17(13-22)8-12-19/h5-12,15,21,23H,4,14H2,1-3H3,(H,24,25)/p+1/t21-/m0/s1. The summed E-state index contributed by atoms with van der Waals surface area (Å²) in [5.74, 6) is 0.385. The van der Waals surface area contributed by atoms with E-state index in [-0.39, 0.29) is 11.9 Å². The molecule has 130 valence electrons. The summed E-state index contributed by atoms with van der Waals surface area (Å²) in [6.07, 6.45) is 1.03. The summed E-state index contributed by atoms with van der Waals surface area (Å²) in [4.78, 5) is 12.2. The van der Waals surface area contributed by atoms with Gasteiger partial charge in [-0.25, -0.2) is 0 Å². The molecule has 2 rings (SSSR count). The highest BCUT2D eigenvalue weighted by Gasteiger charge is 2.20. The maximum atomic E-state index is 12.2. The van der Waals surface area contributed by atoms with Gasteiger partial charge >= 0.3 is 0 Å². The molecule has 1 amide bonds. The first-order valence-corrected chi connectivity index (χ1v) is 8.75. The minimum atomic E-state index is -0.0412. The molecule has 0 aliphatic heterocycles. The molecule has 0 fully saturated rings. The smallest absolute Gasteiger partial charge is 0.279 e. The lowest BCUT2D eigenvalue weighted by Gasteiger charge is -2.19. The van der Waals surface area contributed by atoms with E-state index in [1.807, 2.05) is 0 Å². The second-order valence-electron chi connectivity index (χ2n) is 6.54. The number of nitrogens with one attached hydrogen (secondary N) is 1. The minimum Gasteiger partial charge on any atom is -0.332 e. The number of nitrogens with zero attached hydrogens (tertiary/aromatic N) is 1. The number of hydrogen-bond acceptors (Lipinski definition) is 2. The molecule has 0 saturated heterocycles. The monoisotopic (exact) mass is 336 g/mol. The molecule has 0 aliphatic rings. The maximum absolute atomic E-state index is 12.2. The Labute approximate surface area is 149 Å². The fraction of sp³-hybridized carbons (Fsp3) is 0.333. The van der Waals surface area contributed by atoms with Gasteiger partial charge < -0.3 is 10.6 Å². The molecule has 0 spiro atoms. The van der Waals surface area contributed by atoms with Gasteiger partial charge in [-0.2, -0.15) is 5.26 Å². The van der Waals surface area contributed by atoms with Crippen LogP contribution in [0.2, 0.25) is 0 Å². The maximum Gasteiger partial charge on any atom is 0.279 e. The van der Waals surface area contributed by atoms with Crippen molar-refractivity contribution in [2.45, 2.75) is 33.2 Å². The zero-order valence-electron chi connectivity index (χ0n) is 15.1. The van der Waals surface area contributed by atoms with Gasteiger partial charge in [0.15, 0.2) is 6.54 Å². The van der Waals surface area contributed by atoms with Gasteiger partial charge in [-0.05, 0) is 36.2 Å². The second-order valence-corrected chi connectivity index (χ2v) is 6.54. The number of carbonyl (C=O) groups is 1. The highest BCUT2D eigenvalue weighted by molar-refractivity contribution is 5.91. The van der Waals surface area contributed by atoms with Gasteiger partial charge in [-0.15, -0.1) is 0 Å². The van der Waals surface area contributed by atoms with Crippen LogP contribution in [0.15, 0.2) is 48.5 Å². The number of quaternary nitrogens is 1. The Balaban J connectivity index is 1.95.